The number of nitrogens with one attached hydrogen (secondary N) is 1. The molecule has 0 radical (unpaired) electrons. The predicted molar refractivity (Wildman–Crippen MR) is 81.6 cm³/mol. The van der Waals surface area contributed by atoms with Crippen LogP contribution < -0.4 is 4.72 Å². The number of rotatable bonds is 4. The third-order valence-corrected chi connectivity index (χ3v) is 4.72. The number of anilines is 1. The van der Waals surface area contributed by atoms with Crippen molar-refractivity contribution in [2.24, 2.45) is 0 Å². The second-order valence-corrected chi connectivity index (χ2v) is 6.62. The zero-order valence-corrected chi connectivity index (χ0v) is 13.0. The second-order valence-electron chi connectivity index (χ2n) is 4.97. The fourth-order valence-corrected chi connectivity index (χ4v) is 3.41. The van der Waals surface area contributed by atoms with Gasteiger partial charge in [0.15, 0.2) is 0 Å². The van der Waals surface area contributed by atoms with Gasteiger partial charge in [-0.2, -0.15) is 0 Å². The summed E-state index contributed by atoms with van der Waals surface area (Å²) in [6.45, 7) is 5.16. The van der Waals surface area contributed by atoms with Crippen molar-refractivity contribution in [1.82, 2.24) is 4.98 Å². The van der Waals surface area contributed by atoms with E-state index in [1.165, 1.54) is 6.07 Å². The number of aromatic nitrogens is 1. The molecule has 1 aromatic carbocycles. The maximum absolute atomic E-state index is 12.5. The first-order valence-electron chi connectivity index (χ1n) is 6.51. The number of aliphatic hydroxyl groups is 1. The van der Waals surface area contributed by atoms with Crippen LogP contribution in [-0.2, 0) is 16.6 Å². The zero-order valence-electron chi connectivity index (χ0n) is 12.2. The van der Waals surface area contributed by atoms with Crippen molar-refractivity contribution in [2.75, 3.05) is 4.72 Å². The summed E-state index contributed by atoms with van der Waals surface area (Å²) in [5.41, 5.74) is 2.82. The summed E-state index contributed by atoms with van der Waals surface area (Å²) in [5, 5.41) is 9.30. The van der Waals surface area contributed by atoms with Crippen molar-refractivity contribution in [1.29, 1.82) is 0 Å². The lowest BCUT2D eigenvalue weighted by atomic mass is 10.1. The number of benzene rings is 1. The normalized spacial score (nSPS) is 11.4. The molecule has 0 amide bonds. The van der Waals surface area contributed by atoms with Crippen molar-refractivity contribution in [3.8, 4) is 0 Å². The van der Waals surface area contributed by atoms with Gasteiger partial charge >= 0.3 is 0 Å². The van der Waals surface area contributed by atoms with Crippen molar-refractivity contribution >= 4 is 15.8 Å². The summed E-state index contributed by atoms with van der Waals surface area (Å²) < 4.78 is 27.4. The van der Waals surface area contributed by atoms with Gasteiger partial charge in [0, 0.05) is 5.69 Å². The van der Waals surface area contributed by atoms with E-state index in [4.69, 9.17) is 0 Å². The summed E-state index contributed by atoms with van der Waals surface area (Å²) in [7, 11) is -3.73. The maximum atomic E-state index is 12.5. The molecule has 5 nitrogen and oxygen atoms in total. The fourth-order valence-electron chi connectivity index (χ4n) is 2.13. The number of aryl methyl sites for hydroxylation is 3. The number of sulfonamides is 1. The Labute approximate surface area is 124 Å². The van der Waals surface area contributed by atoms with Crippen LogP contribution in [0.5, 0.6) is 0 Å². The van der Waals surface area contributed by atoms with Gasteiger partial charge in [0.25, 0.3) is 10.0 Å². The van der Waals surface area contributed by atoms with Crippen LogP contribution in [0, 0.1) is 20.8 Å². The van der Waals surface area contributed by atoms with Gasteiger partial charge < -0.3 is 5.11 Å². The van der Waals surface area contributed by atoms with E-state index in [2.05, 4.69) is 9.71 Å². The number of nitrogens with zero attached hydrogens (tertiary/aromatic N) is 1. The number of pyridine rings is 1. The van der Waals surface area contributed by atoms with Crippen LogP contribution in [0.2, 0.25) is 0 Å². The average Bonchev–Trinajstić information content (AvgIpc) is 2.37. The van der Waals surface area contributed by atoms with E-state index < -0.39 is 10.0 Å². The van der Waals surface area contributed by atoms with Crippen LogP contribution in [0.15, 0.2) is 35.2 Å². The smallest absolute Gasteiger partial charge is 0.263 e. The Hall–Kier alpha value is -1.92. The van der Waals surface area contributed by atoms with Crippen LogP contribution in [0.25, 0.3) is 0 Å². The number of hydrogen-bond acceptors (Lipinski definition) is 4. The molecule has 0 unspecified atom stereocenters. The molecule has 1 aromatic heterocycles. The van der Waals surface area contributed by atoms with Gasteiger partial charge in [-0.25, -0.2) is 13.4 Å². The van der Waals surface area contributed by atoms with E-state index in [9.17, 15) is 13.5 Å². The van der Waals surface area contributed by atoms with E-state index in [1.807, 2.05) is 6.92 Å². The van der Waals surface area contributed by atoms with E-state index >= 15 is 0 Å². The molecule has 0 saturated carbocycles. The van der Waals surface area contributed by atoms with Crippen molar-refractivity contribution in [3.63, 3.8) is 0 Å². The maximum Gasteiger partial charge on any atom is 0.263 e. The van der Waals surface area contributed by atoms with E-state index in [1.54, 1.807) is 38.1 Å². The van der Waals surface area contributed by atoms with Gasteiger partial charge in [0.1, 0.15) is 5.82 Å². The minimum atomic E-state index is -3.73. The topological polar surface area (TPSA) is 79.3 Å². The van der Waals surface area contributed by atoms with Crippen molar-refractivity contribution in [2.45, 2.75) is 32.3 Å². The lowest BCUT2D eigenvalue weighted by molar-refractivity contribution is 0.280. The molecule has 1 heterocycles. The summed E-state index contributed by atoms with van der Waals surface area (Å²) in [6.07, 6.45) is 0. The molecule has 0 saturated heterocycles. The van der Waals surface area contributed by atoms with Crippen molar-refractivity contribution in [3.05, 3.63) is 52.7 Å². The Morgan fingerprint density at radius 2 is 1.86 bits per heavy atom. The van der Waals surface area contributed by atoms with Crippen LogP contribution in [0.3, 0.4) is 0 Å². The van der Waals surface area contributed by atoms with Gasteiger partial charge in [-0.05, 0) is 55.7 Å². The first-order chi connectivity index (χ1) is 9.83. The fraction of sp³-hybridized carbons (Fsp3) is 0.267. The van der Waals surface area contributed by atoms with E-state index in [-0.39, 0.29) is 17.3 Å². The lowest BCUT2D eigenvalue weighted by Gasteiger charge is -2.13. The molecule has 0 aliphatic heterocycles. The molecular weight excluding hydrogens is 288 g/mol. The van der Waals surface area contributed by atoms with Gasteiger partial charge in [0.2, 0.25) is 0 Å². The third kappa shape index (κ3) is 3.40. The summed E-state index contributed by atoms with van der Waals surface area (Å²) in [5.74, 6) is 0.278. The highest BCUT2D eigenvalue weighted by Crippen LogP contribution is 2.22. The molecular formula is C15H18N2O3S. The molecule has 0 aliphatic carbocycles. The Morgan fingerprint density at radius 1 is 1.14 bits per heavy atom. The van der Waals surface area contributed by atoms with Gasteiger partial charge in [-0.3, -0.25) is 4.72 Å². The first kappa shape index (κ1) is 15.5. The molecule has 0 aliphatic rings. The van der Waals surface area contributed by atoms with Crippen molar-refractivity contribution < 1.29 is 13.5 Å². The summed E-state index contributed by atoms with van der Waals surface area (Å²) in [4.78, 5) is 4.29. The Morgan fingerprint density at radius 3 is 2.48 bits per heavy atom. The highest BCUT2D eigenvalue weighted by atomic mass is 32.2. The number of aliphatic hydroxyl groups excluding tert-OH is 1. The summed E-state index contributed by atoms with van der Waals surface area (Å²) >= 11 is 0. The standard InChI is InChI=1S/C15H18N2O3S/c1-10-7-11(2)14(8-13(10)9-18)21(19,20)17-15-6-4-5-12(3)16-15/h4-8,18H,9H2,1-3H3,(H,16,17). The second kappa shape index (κ2) is 5.83. The molecule has 0 atom stereocenters. The molecule has 2 N–H and O–H groups in total. The molecule has 0 bridgehead atoms. The monoisotopic (exact) mass is 306 g/mol. The Bertz CT molecular complexity index is 770. The predicted octanol–water partition coefficient (Wildman–Crippen LogP) is 2.30. The largest absolute Gasteiger partial charge is 0.392 e. The molecule has 21 heavy (non-hydrogen) atoms. The quantitative estimate of drug-likeness (QED) is 0.908. The first-order valence-corrected chi connectivity index (χ1v) is 7.99. The zero-order chi connectivity index (χ0) is 15.6. The number of hydrogen-bond donors (Lipinski definition) is 2. The highest BCUT2D eigenvalue weighted by molar-refractivity contribution is 7.92. The SMILES string of the molecule is Cc1cccc(NS(=O)(=O)c2cc(CO)c(C)cc2C)n1. The van der Waals surface area contributed by atoms with Gasteiger partial charge in [0.05, 0.1) is 11.5 Å². The minimum Gasteiger partial charge on any atom is -0.392 e. The van der Waals surface area contributed by atoms with Crippen LogP contribution >= 0.6 is 0 Å². The van der Waals surface area contributed by atoms with Gasteiger partial charge in [-0.1, -0.05) is 12.1 Å². The van der Waals surface area contributed by atoms with Crippen LogP contribution in [0.1, 0.15) is 22.4 Å². The van der Waals surface area contributed by atoms with Gasteiger partial charge in [-0.15, -0.1) is 0 Å². The highest BCUT2D eigenvalue weighted by Gasteiger charge is 2.19. The van der Waals surface area contributed by atoms with Crippen LogP contribution in [0.4, 0.5) is 5.82 Å². The average molecular weight is 306 g/mol. The minimum absolute atomic E-state index is 0.153. The van der Waals surface area contributed by atoms with E-state index in [0.29, 0.717) is 11.1 Å². The third-order valence-electron chi connectivity index (χ3n) is 3.22. The van der Waals surface area contributed by atoms with E-state index in [0.717, 1.165) is 11.3 Å². The summed E-state index contributed by atoms with van der Waals surface area (Å²) in [6, 6.07) is 8.38. The Kier molecular flexibility index (Phi) is 4.29. The molecule has 112 valence electrons. The molecule has 6 heteroatoms. The van der Waals surface area contributed by atoms with Crippen LogP contribution in [-0.4, -0.2) is 18.5 Å². The Balaban J connectivity index is 2.44. The molecule has 2 rings (SSSR count). The lowest BCUT2D eigenvalue weighted by Crippen LogP contribution is -2.16. The molecule has 0 fully saturated rings. The molecule has 0 spiro atoms. The molecule has 2 aromatic rings.